The van der Waals surface area contributed by atoms with E-state index in [1.54, 1.807) is 0 Å². The molecule has 88 valence electrons. The predicted molar refractivity (Wildman–Crippen MR) is 47.5 cm³/mol. The van der Waals surface area contributed by atoms with Crippen LogP contribution in [-0.4, -0.2) is 11.1 Å². The van der Waals surface area contributed by atoms with Crippen LogP contribution in [0, 0.1) is 5.82 Å². The van der Waals surface area contributed by atoms with Gasteiger partial charge in [0, 0.05) is 0 Å². The highest BCUT2D eigenvalue weighted by Gasteiger charge is 2.32. The van der Waals surface area contributed by atoms with Crippen molar-refractivity contribution < 1.29 is 27.5 Å². The third-order valence-corrected chi connectivity index (χ3v) is 2.12. The lowest BCUT2D eigenvalue weighted by Gasteiger charge is -2.11. The molecule has 0 spiro atoms. The van der Waals surface area contributed by atoms with Crippen LogP contribution < -0.4 is 0 Å². The maximum Gasteiger partial charge on any atom is 0.416 e. The standard InChI is InChI=1S/C10H8F4O2/c1-5(9(15)16)6-2-7(10(12,13)14)4-8(11)3-6/h2-5H,1H3,(H,15,16). The number of hydrogen-bond donors (Lipinski definition) is 1. The van der Waals surface area contributed by atoms with Crippen molar-refractivity contribution in [2.24, 2.45) is 0 Å². The molecule has 1 aromatic carbocycles. The molecule has 0 heterocycles. The molecule has 0 aliphatic rings. The van der Waals surface area contributed by atoms with Gasteiger partial charge < -0.3 is 5.11 Å². The molecule has 2 nitrogen and oxygen atoms in total. The molecular weight excluding hydrogens is 228 g/mol. The highest BCUT2D eigenvalue weighted by molar-refractivity contribution is 5.75. The molecule has 0 aliphatic carbocycles. The van der Waals surface area contributed by atoms with Crippen LogP contribution in [0.2, 0.25) is 0 Å². The Morgan fingerprint density at radius 1 is 1.31 bits per heavy atom. The summed E-state index contributed by atoms with van der Waals surface area (Å²) in [5.41, 5.74) is -1.39. The number of alkyl halides is 3. The van der Waals surface area contributed by atoms with Crippen molar-refractivity contribution in [1.82, 2.24) is 0 Å². The van der Waals surface area contributed by atoms with Crippen molar-refractivity contribution >= 4 is 5.97 Å². The van der Waals surface area contributed by atoms with Gasteiger partial charge in [-0.05, 0) is 30.7 Å². The molecule has 0 aliphatic heterocycles. The van der Waals surface area contributed by atoms with Crippen LogP contribution in [0.5, 0.6) is 0 Å². The number of carboxylic acid groups (broad SMARTS) is 1. The van der Waals surface area contributed by atoms with E-state index in [9.17, 15) is 22.4 Å². The van der Waals surface area contributed by atoms with Crippen LogP contribution in [0.1, 0.15) is 24.0 Å². The first-order valence-electron chi connectivity index (χ1n) is 4.32. The van der Waals surface area contributed by atoms with E-state index < -0.39 is 29.4 Å². The Hall–Kier alpha value is -1.59. The highest BCUT2D eigenvalue weighted by Crippen LogP contribution is 2.32. The maximum absolute atomic E-state index is 12.9. The fourth-order valence-electron chi connectivity index (χ4n) is 1.17. The monoisotopic (exact) mass is 236 g/mol. The number of aliphatic carboxylic acids is 1. The second kappa shape index (κ2) is 4.11. The Morgan fingerprint density at radius 3 is 2.31 bits per heavy atom. The van der Waals surface area contributed by atoms with E-state index in [4.69, 9.17) is 5.11 Å². The van der Waals surface area contributed by atoms with Gasteiger partial charge in [0.2, 0.25) is 0 Å². The Balaban J connectivity index is 3.23. The molecule has 0 saturated heterocycles. The van der Waals surface area contributed by atoms with Crippen molar-refractivity contribution in [2.45, 2.75) is 19.0 Å². The first kappa shape index (κ1) is 12.5. The van der Waals surface area contributed by atoms with E-state index in [-0.39, 0.29) is 5.56 Å². The van der Waals surface area contributed by atoms with Gasteiger partial charge in [-0.2, -0.15) is 13.2 Å². The summed E-state index contributed by atoms with van der Waals surface area (Å²) in [6.07, 6.45) is -4.69. The second-order valence-corrected chi connectivity index (χ2v) is 3.33. The van der Waals surface area contributed by atoms with E-state index in [0.29, 0.717) is 12.1 Å². The molecule has 1 aromatic rings. The zero-order valence-corrected chi connectivity index (χ0v) is 8.18. The first-order valence-corrected chi connectivity index (χ1v) is 4.32. The van der Waals surface area contributed by atoms with Crippen molar-refractivity contribution in [3.8, 4) is 0 Å². The smallest absolute Gasteiger partial charge is 0.416 e. The lowest BCUT2D eigenvalue weighted by Crippen LogP contribution is -2.11. The van der Waals surface area contributed by atoms with Gasteiger partial charge in [-0.25, -0.2) is 4.39 Å². The minimum absolute atomic E-state index is 0.208. The van der Waals surface area contributed by atoms with Gasteiger partial charge in [0.25, 0.3) is 0 Å². The number of hydrogen-bond acceptors (Lipinski definition) is 1. The summed E-state index contributed by atoms with van der Waals surface area (Å²) in [7, 11) is 0. The topological polar surface area (TPSA) is 37.3 Å². The molecule has 1 rings (SSSR count). The fourth-order valence-corrected chi connectivity index (χ4v) is 1.17. The lowest BCUT2D eigenvalue weighted by molar-refractivity contribution is -0.140. The Morgan fingerprint density at radius 2 is 1.88 bits per heavy atom. The molecule has 1 unspecified atom stereocenters. The number of benzene rings is 1. The van der Waals surface area contributed by atoms with E-state index in [0.717, 1.165) is 6.07 Å². The normalized spacial score (nSPS) is 13.6. The van der Waals surface area contributed by atoms with Crippen molar-refractivity contribution in [1.29, 1.82) is 0 Å². The number of halogens is 4. The van der Waals surface area contributed by atoms with E-state index in [1.807, 2.05) is 0 Å². The van der Waals surface area contributed by atoms with Crippen LogP contribution in [0.15, 0.2) is 18.2 Å². The van der Waals surface area contributed by atoms with Gasteiger partial charge in [-0.1, -0.05) is 0 Å². The zero-order valence-electron chi connectivity index (χ0n) is 8.18. The largest absolute Gasteiger partial charge is 0.481 e. The Bertz CT molecular complexity index is 412. The molecule has 1 N–H and O–H groups in total. The SMILES string of the molecule is CC(C(=O)O)c1cc(F)cc(C(F)(F)F)c1. The number of carboxylic acids is 1. The predicted octanol–water partition coefficient (Wildman–Crippen LogP) is 3.03. The summed E-state index contributed by atoms with van der Waals surface area (Å²) in [6.45, 7) is 1.19. The van der Waals surface area contributed by atoms with Gasteiger partial charge in [0.05, 0.1) is 11.5 Å². The molecule has 16 heavy (non-hydrogen) atoms. The summed E-state index contributed by atoms with van der Waals surface area (Å²) in [5.74, 6) is -3.59. The lowest BCUT2D eigenvalue weighted by atomic mass is 9.99. The van der Waals surface area contributed by atoms with E-state index in [2.05, 4.69) is 0 Å². The van der Waals surface area contributed by atoms with Crippen LogP contribution in [0.4, 0.5) is 17.6 Å². The molecule has 0 saturated carbocycles. The molecule has 0 fully saturated rings. The van der Waals surface area contributed by atoms with Gasteiger partial charge in [0.1, 0.15) is 5.82 Å². The minimum atomic E-state index is -4.69. The van der Waals surface area contributed by atoms with Crippen molar-refractivity contribution in [2.75, 3.05) is 0 Å². The second-order valence-electron chi connectivity index (χ2n) is 3.33. The summed E-state index contributed by atoms with van der Waals surface area (Å²) in [5, 5.41) is 8.62. The van der Waals surface area contributed by atoms with Crippen molar-refractivity contribution in [3.63, 3.8) is 0 Å². The van der Waals surface area contributed by atoms with Crippen LogP contribution in [0.25, 0.3) is 0 Å². The quantitative estimate of drug-likeness (QED) is 0.801. The number of rotatable bonds is 2. The Labute approximate surface area is 88.5 Å². The van der Waals surface area contributed by atoms with E-state index >= 15 is 0 Å². The highest BCUT2D eigenvalue weighted by atomic mass is 19.4. The van der Waals surface area contributed by atoms with Crippen molar-refractivity contribution in [3.05, 3.63) is 35.1 Å². The summed E-state index contributed by atoms with van der Waals surface area (Å²) in [4.78, 5) is 10.6. The third kappa shape index (κ3) is 2.71. The average molecular weight is 236 g/mol. The van der Waals surface area contributed by atoms with Gasteiger partial charge in [-0.3, -0.25) is 4.79 Å². The molecular formula is C10H8F4O2. The van der Waals surface area contributed by atoms with Gasteiger partial charge >= 0.3 is 12.1 Å². The third-order valence-electron chi connectivity index (χ3n) is 2.12. The van der Waals surface area contributed by atoms with E-state index in [1.165, 1.54) is 6.92 Å². The number of carbonyl (C=O) groups is 1. The maximum atomic E-state index is 12.9. The van der Waals surface area contributed by atoms with Gasteiger partial charge in [0.15, 0.2) is 0 Å². The summed E-state index contributed by atoms with van der Waals surface area (Å²) >= 11 is 0. The van der Waals surface area contributed by atoms with Gasteiger partial charge in [-0.15, -0.1) is 0 Å². The molecule has 1 atom stereocenters. The molecule has 0 radical (unpaired) electrons. The first-order chi connectivity index (χ1) is 7.21. The molecule has 0 amide bonds. The van der Waals surface area contributed by atoms with Crippen LogP contribution >= 0.6 is 0 Å². The average Bonchev–Trinajstić information content (AvgIpc) is 2.14. The van der Waals surface area contributed by atoms with Crippen LogP contribution in [-0.2, 0) is 11.0 Å². The Kier molecular flexibility index (Phi) is 3.21. The zero-order chi connectivity index (χ0) is 12.5. The molecule has 0 bridgehead atoms. The molecule has 0 aromatic heterocycles. The summed E-state index contributed by atoms with van der Waals surface area (Å²) < 4.78 is 49.8. The summed E-state index contributed by atoms with van der Waals surface area (Å²) in [6, 6.07) is 1.76. The fraction of sp³-hybridized carbons (Fsp3) is 0.300. The van der Waals surface area contributed by atoms with Crippen LogP contribution in [0.3, 0.4) is 0 Å². The minimum Gasteiger partial charge on any atom is -0.481 e. The molecule has 6 heteroatoms.